The molecule has 8 heavy (non-hydrogen) atoms. The van der Waals surface area contributed by atoms with Crippen LogP contribution in [0.3, 0.4) is 0 Å². The van der Waals surface area contributed by atoms with Crippen LogP contribution in [0.25, 0.3) is 0 Å². The SMILES string of the molecule is C=C(N)CC(C)CC. The smallest absolute Gasteiger partial charge is 0.00101 e. The summed E-state index contributed by atoms with van der Waals surface area (Å²) in [4.78, 5) is 0. The van der Waals surface area contributed by atoms with Crippen LogP contribution in [0.2, 0.25) is 0 Å². The lowest BCUT2D eigenvalue weighted by molar-refractivity contribution is 0.555. The highest BCUT2D eigenvalue weighted by Crippen LogP contribution is 2.08. The van der Waals surface area contributed by atoms with Crippen molar-refractivity contribution in [3.05, 3.63) is 12.3 Å². The minimum absolute atomic E-state index is 0.701. The average Bonchev–Trinajstić information content (AvgIpc) is 1.65. The van der Waals surface area contributed by atoms with Crippen LogP contribution < -0.4 is 5.73 Å². The van der Waals surface area contributed by atoms with E-state index in [-0.39, 0.29) is 0 Å². The molecule has 0 aliphatic heterocycles. The molecular weight excluding hydrogens is 98.1 g/mol. The molecule has 0 fully saturated rings. The fraction of sp³-hybridized carbons (Fsp3) is 0.714. The Morgan fingerprint density at radius 3 is 2.38 bits per heavy atom. The maximum atomic E-state index is 5.37. The summed E-state index contributed by atoms with van der Waals surface area (Å²) in [6.07, 6.45) is 2.16. The van der Waals surface area contributed by atoms with Crippen molar-refractivity contribution in [2.24, 2.45) is 11.7 Å². The standard InChI is InChI=1S/C7H15N/c1-4-6(2)5-7(3)8/h6H,3-5,8H2,1-2H3. The predicted molar refractivity (Wildman–Crippen MR) is 37.4 cm³/mol. The van der Waals surface area contributed by atoms with Gasteiger partial charge < -0.3 is 5.73 Å². The molecule has 0 radical (unpaired) electrons. The summed E-state index contributed by atoms with van der Waals surface area (Å²) in [5, 5.41) is 0. The molecule has 1 atom stereocenters. The number of rotatable bonds is 3. The Bertz CT molecular complexity index is 76.5. The molecular formula is C7H15N. The van der Waals surface area contributed by atoms with Gasteiger partial charge in [-0.15, -0.1) is 0 Å². The van der Waals surface area contributed by atoms with Crippen molar-refractivity contribution in [2.45, 2.75) is 26.7 Å². The number of hydrogen-bond acceptors (Lipinski definition) is 1. The van der Waals surface area contributed by atoms with Crippen molar-refractivity contribution in [3.8, 4) is 0 Å². The van der Waals surface area contributed by atoms with E-state index in [2.05, 4.69) is 20.4 Å². The first-order valence-corrected chi connectivity index (χ1v) is 3.10. The van der Waals surface area contributed by atoms with Crippen molar-refractivity contribution in [3.63, 3.8) is 0 Å². The molecule has 0 aromatic carbocycles. The lowest BCUT2D eigenvalue weighted by atomic mass is 10.0. The number of hydrogen-bond donors (Lipinski definition) is 1. The molecule has 0 aromatic heterocycles. The first-order valence-electron chi connectivity index (χ1n) is 3.10. The Balaban J connectivity index is 3.24. The zero-order chi connectivity index (χ0) is 6.57. The van der Waals surface area contributed by atoms with Gasteiger partial charge in [0, 0.05) is 5.70 Å². The molecule has 48 valence electrons. The molecule has 0 amide bonds. The molecule has 0 saturated heterocycles. The van der Waals surface area contributed by atoms with E-state index in [0.29, 0.717) is 5.92 Å². The second-order valence-corrected chi connectivity index (χ2v) is 2.38. The lowest BCUT2D eigenvalue weighted by Gasteiger charge is -2.05. The second kappa shape index (κ2) is 3.53. The van der Waals surface area contributed by atoms with E-state index in [1.807, 2.05) is 0 Å². The van der Waals surface area contributed by atoms with Gasteiger partial charge in [0.15, 0.2) is 0 Å². The second-order valence-electron chi connectivity index (χ2n) is 2.38. The minimum atomic E-state index is 0.701. The van der Waals surface area contributed by atoms with Crippen LogP contribution in [0.15, 0.2) is 12.3 Å². The van der Waals surface area contributed by atoms with Crippen molar-refractivity contribution in [2.75, 3.05) is 0 Å². The normalized spacial score (nSPS) is 13.2. The molecule has 0 aliphatic rings. The van der Waals surface area contributed by atoms with E-state index in [0.717, 1.165) is 12.1 Å². The average molecular weight is 113 g/mol. The van der Waals surface area contributed by atoms with Gasteiger partial charge in [0.05, 0.1) is 0 Å². The van der Waals surface area contributed by atoms with Gasteiger partial charge in [0.1, 0.15) is 0 Å². The summed E-state index contributed by atoms with van der Waals surface area (Å²) in [6.45, 7) is 7.96. The molecule has 0 saturated carbocycles. The van der Waals surface area contributed by atoms with Crippen molar-refractivity contribution >= 4 is 0 Å². The van der Waals surface area contributed by atoms with E-state index < -0.39 is 0 Å². The van der Waals surface area contributed by atoms with Gasteiger partial charge in [-0.05, 0) is 12.3 Å². The van der Waals surface area contributed by atoms with Gasteiger partial charge >= 0.3 is 0 Å². The van der Waals surface area contributed by atoms with Crippen molar-refractivity contribution in [1.29, 1.82) is 0 Å². The highest BCUT2D eigenvalue weighted by atomic mass is 14.6. The molecule has 0 spiro atoms. The van der Waals surface area contributed by atoms with Crippen LogP contribution in [0.5, 0.6) is 0 Å². The summed E-state index contributed by atoms with van der Waals surface area (Å²) >= 11 is 0. The Morgan fingerprint density at radius 1 is 1.75 bits per heavy atom. The lowest BCUT2D eigenvalue weighted by Crippen LogP contribution is -2.00. The van der Waals surface area contributed by atoms with E-state index in [1.54, 1.807) is 0 Å². The Hall–Kier alpha value is -0.460. The Labute approximate surface area is 51.6 Å². The van der Waals surface area contributed by atoms with Crippen LogP contribution >= 0.6 is 0 Å². The van der Waals surface area contributed by atoms with Gasteiger partial charge in [-0.25, -0.2) is 0 Å². The first-order chi connectivity index (χ1) is 3.66. The molecule has 1 nitrogen and oxygen atoms in total. The van der Waals surface area contributed by atoms with E-state index >= 15 is 0 Å². The highest BCUT2D eigenvalue weighted by molar-refractivity contribution is 4.86. The molecule has 0 aromatic rings. The van der Waals surface area contributed by atoms with Crippen LogP contribution in [0.4, 0.5) is 0 Å². The van der Waals surface area contributed by atoms with Crippen LogP contribution in [-0.2, 0) is 0 Å². The summed E-state index contributed by atoms with van der Waals surface area (Å²) in [5.41, 5.74) is 6.18. The highest BCUT2D eigenvalue weighted by Gasteiger charge is 1.96. The Morgan fingerprint density at radius 2 is 2.25 bits per heavy atom. The molecule has 0 rings (SSSR count). The summed E-state index contributed by atoms with van der Waals surface area (Å²) < 4.78 is 0. The van der Waals surface area contributed by atoms with Gasteiger partial charge in [-0.2, -0.15) is 0 Å². The zero-order valence-corrected chi connectivity index (χ0v) is 5.78. The molecule has 2 N–H and O–H groups in total. The van der Waals surface area contributed by atoms with Gasteiger partial charge in [-0.1, -0.05) is 26.8 Å². The molecule has 0 aliphatic carbocycles. The summed E-state index contributed by atoms with van der Waals surface area (Å²) in [6, 6.07) is 0. The quantitative estimate of drug-likeness (QED) is 0.594. The predicted octanol–water partition coefficient (Wildman–Crippen LogP) is 1.90. The van der Waals surface area contributed by atoms with E-state index in [1.165, 1.54) is 6.42 Å². The van der Waals surface area contributed by atoms with Crippen LogP contribution in [0.1, 0.15) is 26.7 Å². The van der Waals surface area contributed by atoms with Crippen LogP contribution in [0, 0.1) is 5.92 Å². The fourth-order valence-electron chi connectivity index (χ4n) is 0.592. The van der Waals surface area contributed by atoms with Crippen molar-refractivity contribution < 1.29 is 0 Å². The molecule has 0 bridgehead atoms. The van der Waals surface area contributed by atoms with Crippen molar-refractivity contribution in [1.82, 2.24) is 0 Å². The third-order valence-electron chi connectivity index (χ3n) is 1.31. The first kappa shape index (κ1) is 7.54. The molecule has 0 heterocycles. The molecule has 1 unspecified atom stereocenters. The number of allylic oxidation sites excluding steroid dienone is 1. The van der Waals surface area contributed by atoms with Gasteiger partial charge in [-0.3, -0.25) is 0 Å². The number of nitrogens with two attached hydrogens (primary N) is 1. The zero-order valence-electron chi connectivity index (χ0n) is 5.78. The fourth-order valence-corrected chi connectivity index (χ4v) is 0.592. The molecule has 1 heteroatoms. The third-order valence-corrected chi connectivity index (χ3v) is 1.31. The minimum Gasteiger partial charge on any atom is -0.403 e. The summed E-state index contributed by atoms with van der Waals surface area (Å²) in [7, 11) is 0. The van der Waals surface area contributed by atoms with E-state index in [9.17, 15) is 0 Å². The van der Waals surface area contributed by atoms with E-state index in [4.69, 9.17) is 5.73 Å². The van der Waals surface area contributed by atoms with Crippen LogP contribution in [-0.4, -0.2) is 0 Å². The van der Waals surface area contributed by atoms with Gasteiger partial charge in [0.2, 0.25) is 0 Å². The van der Waals surface area contributed by atoms with Gasteiger partial charge in [0.25, 0.3) is 0 Å². The topological polar surface area (TPSA) is 26.0 Å². The monoisotopic (exact) mass is 113 g/mol. The largest absolute Gasteiger partial charge is 0.403 e. The summed E-state index contributed by atoms with van der Waals surface area (Å²) in [5.74, 6) is 0.701. The Kier molecular flexibility index (Phi) is 3.33. The maximum absolute atomic E-state index is 5.37. The maximum Gasteiger partial charge on any atom is 0.00101 e. The third kappa shape index (κ3) is 3.72.